The second-order valence-corrected chi connectivity index (χ2v) is 7.40. The van der Waals surface area contributed by atoms with Crippen LogP contribution in [0.5, 0.6) is 5.75 Å². The lowest BCUT2D eigenvalue weighted by Gasteiger charge is -2.27. The van der Waals surface area contributed by atoms with Gasteiger partial charge in [0.2, 0.25) is 5.78 Å². The van der Waals surface area contributed by atoms with E-state index in [1.54, 1.807) is 42.7 Å². The van der Waals surface area contributed by atoms with Gasteiger partial charge in [-0.3, -0.25) is 19.7 Å². The molecule has 1 aliphatic rings. The van der Waals surface area contributed by atoms with Crippen LogP contribution in [0.1, 0.15) is 22.7 Å². The van der Waals surface area contributed by atoms with E-state index in [1.807, 2.05) is 0 Å². The minimum absolute atomic E-state index is 0.0319. The fourth-order valence-corrected chi connectivity index (χ4v) is 3.83. The van der Waals surface area contributed by atoms with Crippen molar-refractivity contribution in [2.45, 2.75) is 12.6 Å². The topological polar surface area (TPSA) is 127 Å². The van der Waals surface area contributed by atoms with E-state index in [-0.39, 0.29) is 23.4 Å². The third-order valence-electron chi connectivity index (χ3n) is 5.38. The normalized spacial score (nSPS) is 17.2. The average Bonchev–Trinajstić information content (AvgIpc) is 3.09. The maximum atomic E-state index is 13.4. The number of nitrogens with zero attached hydrogens (tertiary/aromatic N) is 2. The van der Waals surface area contributed by atoms with Crippen molar-refractivity contribution >= 4 is 23.1 Å². The van der Waals surface area contributed by atoms with E-state index in [1.165, 1.54) is 42.3 Å². The fourth-order valence-electron chi connectivity index (χ4n) is 3.83. The molecule has 4 rings (SSSR count). The van der Waals surface area contributed by atoms with Gasteiger partial charge in [-0.1, -0.05) is 30.0 Å². The summed E-state index contributed by atoms with van der Waals surface area (Å²) in [5.41, 5.74) is 0.712. The molecule has 0 bridgehead atoms. The van der Waals surface area contributed by atoms with Gasteiger partial charge < -0.3 is 14.7 Å². The zero-order valence-electron chi connectivity index (χ0n) is 17.6. The van der Waals surface area contributed by atoms with E-state index in [9.17, 15) is 24.8 Å². The largest absolute Gasteiger partial charge is 0.872 e. The smallest absolute Gasteiger partial charge is 0.295 e. The summed E-state index contributed by atoms with van der Waals surface area (Å²) in [5, 5.41) is 24.8. The van der Waals surface area contributed by atoms with Crippen LogP contribution in [0, 0.1) is 10.1 Å². The van der Waals surface area contributed by atoms with Crippen LogP contribution in [-0.2, 0) is 16.1 Å². The highest BCUT2D eigenvalue weighted by atomic mass is 16.6. The lowest BCUT2D eigenvalue weighted by Crippen LogP contribution is -2.29. The molecule has 1 unspecified atom stereocenters. The highest BCUT2D eigenvalue weighted by Gasteiger charge is 2.44. The number of carbonyl (C=O) groups is 2. The SMILES string of the molecule is COc1cccc(/C([O-])=C2\C(=O)C(=O)N(Cc3ccc[nH+]c3)C2c2cccc([N+](=O)[O-])c2)c1. The standard InChI is InChI=1S/C24H19N3O6/c1-33-19-9-3-7-17(12-19)22(28)20-21(16-6-2-8-18(11-16)27(31)32)26(24(30)23(20)29)14-15-5-4-10-25-13-15/h2-13,21,28H,14H2,1H3/b22-20+. The van der Waals surface area contributed by atoms with Gasteiger partial charge in [0.25, 0.3) is 11.6 Å². The molecule has 1 aromatic heterocycles. The number of nitro benzene ring substituents is 1. The van der Waals surface area contributed by atoms with Crippen molar-refractivity contribution in [3.63, 3.8) is 0 Å². The van der Waals surface area contributed by atoms with Gasteiger partial charge in [-0.15, -0.1) is 0 Å². The number of carbonyl (C=O) groups excluding carboxylic acids is 2. The van der Waals surface area contributed by atoms with E-state index >= 15 is 0 Å². The predicted octanol–water partition coefficient (Wildman–Crippen LogP) is 1.84. The monoisotopic (exact) mass is 445 g/mol. The van der Waals surface area contributed by atoms with Gasteiger partial charge in [0, 0.05) is 29.3 Å². The summed E-state index contributed by atoms with van der Waals surface area (Å²) in [6.07, 6.45) is 3.37. The summed E-state index contributed by atoms with van der Waals surface area (Å²) in [6, 6.07) is 14.3. The molecule has 0 radical (unpaired) electrons. The number of Topliss-reactive ketones (excluding diaryl/α,β-unsaturated/α-hetero) is 1. The second-order valence-electron chi connectivity index (χ2n) is 7.40. The molecule has 1 fully saturated rings. The molecule has 0 saturated carbocycles. The van der Waals surface area contributed by atoms with Gasteiger partial charge in [0.05, 0.1) is 24.6 Å². The highest BCUT2D eigenvalue weighted by molar-refractivity contribution is 6.46. The van der Waals surface area contributed by atoms with Crippen LogP contribution < -0.4 is 14.8 Å². The van der Waals surface area contributed by atoms with E-state index in [0.29, 0.717) is 16.9 Å². The van der Waals surface area contributed by atoms with Crippen LogP contribution >= 0.6 is 0 Å². The molecule has 1 atom stereocenters. The van der Waals surface area contributed by atoms with Gasteiger partial charge >= 0.3 is 0 Å². The van der Waals surface area contributed by atoms with E-state index < -0.39 is 28.4 Å². The summed E-state index contributed by atoms with van der Waals surface area (Å²) in [5.74, 6) is -1.99. The Balaban J connectivity index is 1.90. The first-order chi connectivity index (χ1) is 15.9. The number of ether oxygens (including phenoxy) is 1. The maximum absolute atomic E-state index is 13.4. The number of methoxy groups -OCH3 is 1. The number of likely N-dealkylation sites (tertiary alicyclic amines) is 1. The van der Waals surface area contributed by atoms with Crippen molar-refractivity contribution in [1.29, 1.82) is 0 Å². The van der Waals surface area contributed by atoms with Crippen LogP contribution in [0.4, 0.5) is 5.69 Å². The van der Waals surface area contributed by atoms with E-state index in [0.717, 1.165) is 0 Å². The molecule has 33 heavy (non-hydrogen) atoms. The lowest BCUT2D eigenvalue weighted by molar-refractivity contribution is -0.385. The summed E-state index contributed by atoms with van der Waals surface area (Å²) < 4.78 is 5.17. The molecule has 0 aliphatic carbocycles. The molecule has 1 saturated heterocycles. The molecule has 2 heterocycles. The molecule has 1 amide bonds. The molecule has 0 spiro atoms. The zero-order chi connectivity index (χ0) is 23.5. The maximum Gasteiger partial charge on any atom is 0.295 e. The Labute approximate surface area is 188 Å². The van der Waals surface area contributed by atoms with Crippen molar-refractivity contribution in [2.24, 2.45) is 0 Å². The van der Waals surface area contributed by atoms with E-state index in [4.69, 9.17) is 4.74 Å². The third kappa shape index (κ3) is 4.16. The number of hydrogen-bond donors (Lipinski definition) is 0. The number of aromatic amines is 1. The van der Waals surface area contributed by atoms with Crippen molar-refractivity contribution in [3.8, 4) is 5.75 Å². The number of nitro groups is 1. The van der Waals surface area contributed by atoms with Crippen LogP contribution in [0.15, 0.2) is 78.6 Å². The number of hydrogen-bond acceptors (Lipinski definition) is 6. The van der Waals surface area contributed by atoms with Gasteiger partial charge in [-0.25, -0.2) is 4.98 Å². The third-order valence-corrected chi connectivity index (χ3v) is 5.38. The summed E-state index contributed by atoms with van der Waals surface area (Å²) in [7, 11) is 1.45. The zero-order valence-corrected chi connectivity index (χ0v) is 17.6. The fraction of sp³-hybridized carbons (Fsp3) is 0.125. The minimum atomic E-state index is -1.08. The number of nitrogens with one attached hydrogen (secondary N) is 1. The van der Waals surface area contributed by atoms with Gasteiger partial charge in [-0.05, 0) is 29.3 Å². The Morgan fingerprint density at radius 1 is 1.12 bits per heavy atom. The first-order valence-electron chi connectivity index (χ1n) is 10.0. The molecule has 1 aliphatic heterocycles. The molecule has 9 heteroatoms. The van der Waals surface area contributed by atoms with Crippen molar-refractivity contribution in [1.82, 2.24) is 4.90 Å². The Hall–Kier alpha value is -4.53. The minimum Gasteiger partial charge on any atom is -0.872 e. The quantitative estimate of drug-likeness (QED) is 0.187. The van der Waals surface area contributed by atoms with E-state index in [2.05, 4.69) is 4.98 Å². The Morgan fingerprint density at radius 3 is 2.61 bits per heavy atom. The molecular formula is C24H19N3O6. The molecule has 1 N–H and O–H groups in total. The number of benzene rings is 2. The first kappa shape index (κ1) is 21.7. The van der Waals surface area contributed by atoms with Crippen LogP contribution in [0.3, 0.4) is 0 Å². The summed E-state index contributed by atoms with van der Waals surface area (Å²) in [4.78, 5) is 41.0. The predicted molar refractivity (Wildman–Crippen MR) is 114 cm³/mol. The van der Waals surface area contributed by atoms with Crippen LogP contribution in [0.25, 0.3) is 5.76 Å². The number of non-ortho nitro benzene ring substituents is 1. The second kappa shape index (κ2) is 8.91. The van der Waals surface area contributed by atoms with Gasteiger partial charge in [0.1, 0.15) is 5.75 Å². The first-order valence-corrected chi connectivity index (χ1v) is 10.0. The van der Waals surface area contributed by atoms with Crippen LogP contribution in [-0.4, -0.2) is 28.6 Å². The highest BCUT2D eigenvalue weighted by Crippen LogP contribution is 2.40. The number of aromatic nitrogens is 1. The summed E-state index contributed by atoms with van der Waals surface area (Å²) >= 11 is 0. The van der Waals surface area contributed by atoms with Crippen LogP contribution in [0.2, 0.25) is 0 Å². The number of rotatable bonds is 6. The lowest BCUT2D eigenvalue weighted by atomic mass is 9.95. The number of pyridine rings is 1. The van der Waals surface area contributed by atoms with Gasteiger partial charge in [0.15, 0.2) is 12.4 Å². The van der Waals surface area contributed by atoms with Crippen molar-refractivity contribution < 1.29 is 29.3 Å². The molecule has 2 aromatic carbocycles. The molecular weight excluding hydrogens is 426 g/mol. The summed E-state index contributed by atoms with van der Waals surface area (Å²) in [6.45, 7) is 0.0319. The number of amides is 1. The average molecular weight is 445 g/mol. The van der Waals surface area contributed by atoms with Crippen molar-refractivity contribution in [2.75, 3.05) is 7.11 Å². The Kier molecular flexibility index (Phi) is 5.86. The van der Waals surface area contributed by atoms with Gasteiger partial charge in [-0.2, -0.15) is 0 Å². The number of ketones is 1. The van der Waals surface area contributed by atoms with Crippen molar-refractivity contribution in [3.05, 3.63) is 105 Å². The Bertz CT molecular complexity index is 1270. The molecule has 3 aromatic rings. The molecule has 9 nitrogen and oxygen atoms in total. The number of H-pyrrole nitrogens is 1. The Morgan fingerprint density at radius 2 is 1.91 bits per heavy atom. The molecule has 166 valence electrons.